The number of hydrogen-bond acceptors (Lipinski definition) is 5. The fraction of sp³-hybridized carbons (Fsp3) is 0.450. The van der Waals surface area contributed by atoms with Gasteiger partial charge in [0.25, 0.3) is 5.91 Å². The lowest BCUT2D eigenvalue weighted by atomic mass is 9.95. The number of methoxy groups -OCH3 is 1. The van der Waals surface area contributed by atoms with Crippen molar-refractivity contribution >= 4 is 5.91 Å². The van der Waals surface area contributed by atoms with Gasteiger partial charge >= 0.3 is 0 Å². The zero-order chi connectivity index (χ0) is 18.4. The molecule has 1 N–H and O–H groups in total. The second-order valence-electron chi connectivity index (χ2n) is 6.76. The number of nitrogens with zero attached hydrogens (tertiary/aromatic N) is 2. The average Bonchev–Trinajstić information content (AvgIpc) is 2.68. The summed E-state index contributed by atoms with van der Waals surface area (Å²) in [6, 6.07) is 7.37. The summed E-state index contributed by atoms with van der Waals surface area (Å²) in [5.41, 5.74) is 2.11. The smallest absolute Gasteiger partial charge is 0.251 e. The Morgan fingerprint density at radius 3 is 2.54 bits per heavy atom. The Hall–Kier alpha value is -2.31. The van der Waals surface area contributed by atoms with Crippen molar-refractivity contribution in [1.82, 2.24) is 15.3 Å². The number of nitrogens with one attached hydrogen (secondary N) is 1. The van der Waals surface area contributed by atoms with Crippen LogP contribution in [0, 0.1) is 0 Å². The van der Waals surface area contributed by atoms with Crippen molar-refractivity contribution in [3.05, 3.63) is 59.2 Å². The van der Waals surface area contributed by atoms with Crippen molar-refractivity contribution in [1.29, 1.82) is 0 Å². The van der Waals surface area contributed by atoms with E-state index in [1.54, 1.807) is 31.6 Å². The molecule has 1 aromatic heterocycles. The molecule has 1 aromatic carbocycles. The largest absolute Gasteiger partial charge is 0.380 e. The van der Waals surface area contributed by atoms with E-state index in [1.165, 1.54) is 0 Å². The van der Waals surface area contributed by atoms with E-state index >= 15 is 0 Å². The SMILES string of the molecule is COCc1ccc(C(=O)NCc2cnc(C3(C)CCCCO3)nc2)cc1. The molecule has 26 heavy (non-hydrogen) atoms. The number of rotatable bonds is 6. The highest BCUT2D eigenvalue weighted by Crippen LogP contribution is 2.32. The van der Waals surface area contributed by atoms with Gasteiger partial charge in [-0.15, -0.1) is 0 Å². The second kappa shape index (κ2) is 8.38. The third-order valence-corrected chi connectivity index (χ3v) is 4.63. The Kier molecular flexibility index (Phi) is 5.96. The maximum absolute atomic E-state index is 12.2. The molecule has 1 saturated heterocycles. The number of aromatic nitrogens is 2. The molecule has 2 aromatic rings. The number of ether oxygens (including phenoxy) is 2. The number of carbonyl (C=O) groups is 1. The normalized spacial score (nSPS) is 19.9. The summed E-state index contributed by atoms with van der Waals surface area (Å²) in [6.07, 6.45) is 6.66. The van der Waals surface area contributed by atoms with Crippen LogP contribution < -0.4 is 5.32 Å². The lowest BCUT2D eigenvalue weighted by Gasteiger charge is -2.32. The maximum Gasteiger partial charge on any atom is 0.251 e. The summed E-state index contributed by atoms with van der Waals surface area (Å²) in [6.45, 7) is 3.71. The molecule has 1 aliphatic heterocycles. The van der Waals surface area contributed by atoms with Gasteiger partial charge in [-0.05, 0) is 43.9 Å². The molecule has 1 amide bonds. The molecule has 0 aliphatic carbocycles. The van der Waals surface area contributed by atoms with Gasteiger partial charge in [0.05, 0.1) is 6.61 Å². The molecule has 0 radical (unpaired) electrons. The molecule has 0 bridgehead atoms. The highest BCUT2D eigenvalue weighted by atomic mass is 16.5. The zero-order valence-electron chi connectivity index (χ0n) is 15.3. The summed E-state index contributed by atoms with van der Waals surface area (Å²) in [7, 11) is 1.65. The van der Waals surface area contributed by atoms with Gasteiger partial charge in [-0.3, -0.25) is 4.79 Å². The van der Waals surface area contributed by atoms with Crippen molar-refractivity contribution < 1.29 is 14.3 Å². The Labute approximate surface area is 154 Å². The van der Waals surface area contributed by atoms with E-state index in [0.717, 1.165) is 37.0 Å². The van der Waals surface area contributed by atoms with Crippen LogP contribution in [0.25, 0.3) is 0 Å². The first-order valence-electron chi connectivity index (χ1n) is 8.92. The molecule has 1 atom stereocenters. The molecule has 0 saturated carbocycles. The maximum atomic E-state index is 12.2. The predicted octanol–water partition coefficient (Wildman–Crippen LogP) is 2.97. The Balaban J connectivity index is 1.56. The third-order valence-electron chi connectivity index (χ3n) is 4.63. The molecular formula is C20H25N3O3. The molecule has 138 valence electrons. The van der Waals surface area contributed by atoms with Crippen LogP contribution in [0.4, 0.5) is 0 Å². The molecule has 3 rings (SSSR count). The van der Waals surface area contributed by atoms with Crippen LogP contribution in [-0.4, -0.2) is 29.6 Å². The fourth-order valence-corrected chi connectivity index (χ4v) is 3.03. The van der Waals surface area contributed by atoms with E-state index in [1.807, 2.05) is 19.1 Å². The van der Waals surface area contributed by atoms with Crippen molar-refractivity contribution in [3.8, 4) is 0 Å². The molecule has 1 unspecified atom stereocenters. The number of amides is 1. The van der Waals surface area contributed by atoms with E-state index in [4.69, 9.17) is 9.47 Å². The summed E-state index contributed by atoms with van der Waals surface area (Å²) >= 11 is 0. The van der Waals surface area contributed by atoms with Gasteiger partial charge in [0.1, 0.15) is 5.60 Å². The summed E-state index contributed by atoms with van der Waals surface area (Å²) < 4.78 is 10.9. The van der Waals surface area contributed by atoms with E-state index in [-0.39, 0.29) is 5.91 Å². The van der Waals surface area contributed by atoms with Crippen LogP contribution in [0.2, 0.25) is 0 Å². The number of carbonyl (C=O) groups excluding carboxylic acids is 1. The minimum absolute atomic E-state index is 0.124. The van der Waals surface area contributed by atoms with Crippen LogP contribution in [0.5, 0.6) is 0 Å². The van der Waals surface area contributed by atoms with Crippen LogP contribution >= 0.6 is 0 Å². The second-order valence-corrected chi connectivity index (χ2v) is 6.76. The molecule has 1 aliphatic rings. The highest BCUT2D eigenvalue weighted by Gasteiger charge is 2.32. The van der Waals surface area contributed by atoms with Gasteiger partial charge in [-0.1, -0.05) is 12.1 Å². The topological polar surface area (TPSA) is 73.3 Å². The van der Waals surface area contributed by atoms with Gasteiger partial charge < -0.3 is 14.8 Å². The third kappa shape index (κ3) is 4.45. The Morgan fingerprint density at radius 1 is 1.19 bits per heavy atom. The van der Waals surface area contributed by atoms with Crippen LogP contribution in [-0.2, 0) is 28.2 Å². The molecule has 6 heteroatoms. The molecule has 1 fully saturated rings. The first-order valence-corrected chi connectivity index (χ1v) is 8.92. The lowest BCUT2D eigenvalue weighted by molar-refractivity contribution is -0.0760. The van der Waals surface area contributed by atoms with Crippen LogP contribution in [0.15, 0.2) is 36.7 Å². The lowest BCUT2D eigenvalue weighted by Crippen LogP contribution is -2.32. The summed E-state index contributed by atoms with van der Waals surface area (Å²) in [5.74, 6) is 0.585. The Morgan fingerprint density at radius 2 is 1.92 bits per heavy atom. The van der Waals surface area contributed by atoms with Crippen LogP contribution in [0.1, 0.15) is 53.5 Å². The minimum atomic E-state index is -0.399. The predicted molar refractivity (Wildman–Crippen MR) is 97.5 cm³/mol. The van der Waals surface area contributed by atoms with Crippen molar-refractivity contribution in [2.75, 3.05) is 13.7 Å². The van der Waals surface area contributed by atoms with E-state index in [2.05, 4.69) is 15.3 Å². The highest BCUT2D eigenvalue weighted by molar-refractivity contribution is 5.94. The number of benzene rings is 1. The van der Waals surface area contributed by atoms with Crippen molar-refractivity contribution in [2.24, 2.45) is 0 Å². The Bertz CT molecular complexity index is 723. The van der Waals surface area contributed by atoms with Gasteiger partial charge in [0, 0.05) is 43.8 Å². The minimum Gasteiger partial charge on any atom is -0.380 e. The quantitative estimate of drug-likeness (QED) is 0.862. The van der Waals surface area contributed by atoms with Gasteiger partial charge in [-0.25, -0.2) is 9.97 Å². The first kappa shape index (κ1) is 18.5. The number of hydrogen-bond donors (Lipinski definition) is 1. The van der Waals surface area contributed by atoms with E-state index in [0.29, 0.717) is 24.5 Å². The van der Waals surface area contributed by atoms with Crippen molar-refractivity contribution in [2.45, 2.75) is 44.9 Å². The average molecular weight is 355 g/mol. The summed E-state index contributed by atoms with van der Waals surface area (Å²) in [4.78, 5) is 21.2. The van der Waals surface area contributed by atoms with Gasteiger partial charge in [0.2, 0.25) is 0 Å². The molecular weight excluding hydrogens is 330 g/mol. The van der Waals surface area contributed by atoms with Crippen molar-refractivity contribution in [3.63, 3.8) is 0 Å². The first-order chi connectivity index (χ1) is 12.6. The zero-order valence-corrected chi connectivity index (χ0v) is 15.3. The van der Waals surface area contributed by atoms with Crippen LogP contribution in [0.3, 0.4) is 0 Å². The monoisotopic (exact) mass is 355 g/mol. The standard InChI is InChI=1S/C20H25N3O3/c1-20(9-3-4-10-26-20)19-22-12-16(13-23-19)11-21-18(24)17-7-5-15(6-8-17)14-25-2/h5-8,12-13H,3-4,9-11,14H2,1-2H3,(H,21,24). The fourth-order valence-electron chi connectivity index (χ4n) is 3.03. The van der Waals surface area contributed by atoms with E-state index in [9.17, 15) is 4.79 Å². The molecule has 6 nitrogen and oxygen atoms in total. The molecule has 2 heterocycles. The molecule has 0 spiro atoms. The van der Waals surface area contributed by atoms with E-state index < -0.39 is 5.60 Å². The van der Waals surface area contributed by atoms with Gasteiger partial charge in [-0.2, -0.15) is 0 Å². The summed E-state index contributed by atoms with van der Waals surface area (Å²) in [5, 5.41) is 2.89. The van der Waals surface area contributed by atoms with Gasteiger partial charge in [0.15, 0.2) is 5.82 Å².